The van der Waals surface area contributed by atoms with Gasteiger partial charge in [-0.05, 0) is 66.7 Å². The first kappa shape index (κ1) is 14.9. The van der Waals surface area contributed by atoms with E-state index in [1.165, 1.54) is 30.2 Å². The predicted octanol–water partition coefficient (Wildman–Crippen LogP) is 4.62. The minimum Gasteiger partial charge on any atom is -0.271 e. The quantitative estimate of drug-likeness (QED) is 0.641. The summed E-state index contributed by atoms with van der Waals surface area (Å²) in [6.45, 7) is 4.66. The molecule has 0 spiro atoms. The first-order valence-corrected chi connectivity index (χ1v) is 8.53. The molecule has 21 heavy (non-hydrogen) atoms. The van der Waals surface area contributed by atoms with Crippen molar-refractivity contribution < 1.29 is 4.39 Å². The maximum absolute atomic E-state index is 13.4. The lowest BCUT2D eigenvalue weighted by Crippen LogP contribution is -2.36. The average molecular weight is 306 g/mol. The van der Waals surface area contributed by atoms with Gasteiger partial charge in [-0.25, -0.2) is 4.39 Å². The summed E-state index contributed by atoms with van der Waals surface area (Å²) in [5.74, 6) is 7.75. The van der Waals surface area contributed by atoms with Crippen LogP contribution in [0.3, 0.4) is 0 Å². The lowest BCUT2D eigenvalue weighted by molar-refractivity contribution is 0.178. The van der Waals surface area contributed by atoms with E-state index in [-0.39, 0.29) is 11.9 Å². The molecule has 0 aliphatic heterocycles. The second kappa shape index (κ2) is 6.03. The van der Waals surface area contributed by atoms with E-state index in [9.17, 15) is 4.39 Å². The number of hydrogen-bond donors (Lipinski definition) is 2. The summed E-state index contributed by atoms with van der Waals surface area (Å²) >= 11 is 1.73. The molecule has 0 amide bonds. The fraction of sp³-hybridized carbons (Fsp3) is 0.529. The Morgan fingerprint density at radius 2 is 1.90 bits per heavy atom. The van der Waals surface area contributed by atoms with Gasteiger partial charge in [-0.15, -0.1) is 11.3 Å². The van der Waals surface area contributed by atoms with Gasteiger partial charge in [-0.1, -0.05) is 13.8 Å². The molecule has 2 aromatic rings. The van der Waals surface area contributed by atoms with Crippen molar-refractivity contribution in [3.8, 4) is 0 Å². The molecule has 3 atom stereocenters. The van der Waals surface area contributed by atoms with Gasteiger partial charge in [-0.2, -0.15) is 0 Å². The second-order valence-corrected chi connectivity index (χ2v) is 7.77. The van der Waals surface area contributed by atoms with E-state index in [1.54, 1.807) is 17.4 Å². The number of rotatable bonds is 3. The fourth-order valence-electron chi connectivity index (χ4n) is 3.92. The van der Waals surface area contributed by atoms with Gasteiger partial charge >= 0.3 is 0 Å². The number of halogens is 1. The maximum atomic E-state index is 13.4. The summed E-state index contributed by atoms with van der Waals surface area (Å²) in [4.78, 5) is 1.23. The molecule has 114 valence electrons. The van der Waals surface area contributed by atoms with Gasteiger partial charge in [0, 0.05) is 9.58 Å². The van der Waals surface area contributed by atoms with Crippen LogP contribution in [0.4, 0.5) is 4.39 Å². The summed E-state index contributed by atoms with van der Waals surface area (Å²) in [5, 5.41) is 0.979. The third kappa shape index (κ3) is 3.12. The van der Waals surface area contributed by atoms with E-state index >= 15 is 0 Å². The molecule has 1 aliphatic rings. The van der Waals surface area contributed by atoms with Crippen LogP contribution in [0.25, 0.3) is 10.1 Å². The Kier molecular flexibility index (Phi) is 4.29. The highest BCUT2D eigenvalue weighted by Gasteiger charge is 2.31. The number of hydrazine groups is 1. The summed E-state index contributed by atoms with van der Waals surface area (Å²) in [7, 11) is 0. The van der Waals surface area contributed by atoms with Crippen molar-refractivity contribution in [3.05, 3.63) is 35.0 Å². The molecule has 1 aromatic heterocycles. The van der Waals surface area contributed by atoms with Crippen LogP contribution in [0.15, 0.2) is 24.3 Å². The fourth-order valence-corrected chi connectivity index (χ4v) is 5.12. The molecule has 1 aliphatic carbocycles. The Morgan fingerprint density at radius 1 is 1.19 bits per heavy atom. The van der Waals surface area contributed by atoms with Gasteiger partial charge in [0.15, 0.2) is 0 Å². The zero-order valence-electron chi connectivity index (χ0n) is 12.6. The van der Waals surface area contributed by atoms with Crippen LogP contribution in [-0.2, 0) is 0 Å². The molecule has 3 N–H and O–H groups in total. The molecule has 0 bridgehead atoms. The summed E-state index contributed by atoms with van der Waals surface area (Å²) in [6, 6.07) is 7.26. The number of benzene rings is 1. The van der Waals surface area contributed by atoms with Crippen LogP contribution in [-0.4, -0.2) is 0 Å². The van der Waals surface area contributed by atoms with Crippen LogP contribution < -0.4 is 11.3 Å². The van der Waals surface area contributed by atoms with Crippen molar-refractivity contribution in [1.82, 2.24) is 5.43 Å². The number of hydrogen-bond acceptors (Lipinski definition) is 3. The van der Waals surface area contributed by atoms with E-state index < -0.39 is 0 Å². The predicted molar refractivity (Wildman–Crippen MR) is 87.5 cm³/mol. The molecule has 1 aromatic carbocycles. The van der Waals surface area contributed by atoms with Crippen LogP contribution in [0, 0.1) is 23.6 Å². The highest BCUT2D eigenvalue weighted by Crippen LogP contribution is 2.42. The summed E-state index contributed by atoms with van der Waals surface area (Å²) in [5.41, 5.74) is 3.02. The van der Waals surface area contributed by atoms with Crippen LogP contribution in [0.1, 0.15) is 44.0 Å². The molecule has 1 fully saturated rings. The van der Waals surface area contributed by atoms with Crippen molar-refractivity contribution in [1.29, 1.82) is 0 Å². The highest BCUT2D eigenvalue weighted by atomic mass is 32.1. The number of fused-ring (bicyclic) bond motifs is 1. The van der Waals surface area contributed by atoms with Crippen LogP contribution >= 0.6 is 11.3 Å². The van der Waals surface area contributed by atoms with E-state index in [1.807, 2.05) is 6.07 Å². The minimum absolute atomic E-state index is 0.177. The Bertz CT molecular complexity index is 614. The third-order valence-corrected chi connectivity index (χ3v) is 5.87. The lowest BCUT2D eigenvalue weighted by Gasteiger charge is -2.35. The lowest BCUT2D eigenvalue weighted by atomic mass is 9.73. The SMILES string of the molecule is CC1CC(C)CC(C(NN)c2cc3cc(F)ccc3s2)C1. The number of nitrogens with two attached hydrogens (primary N) is 1. The number of nitrogens with one attached hydrogen (secondary N) is 1. The molecule has 1 saturated carbocycles. The molecule has 1 heterocycles. The monoisotopic (exact) mass is 306 g/mol. The van der Waals surface area contributed by atoms with Gasteiger partial charge < -0.3 is 0 Å². The topological polar surface area (TPSA) is 38.0 Å². The second-order valence-electron chi connectivity index (χ2n) is 6.65. The standard InChI is InChI=1S/C17H23FN2S/c1-10-5-11(2)7-13(6-10)17(20-19)16-9-12-8-14(18)3-4-15(12)21-16/h3-4,8-11,13,17,20H,5-7,19H2,1-2H3. The van der Waals surface area contributed by atoms with E-state index in [0.29, 0.717) is 5.92 Å². The average Bonchev–Trinajstić information content (AvgIpc) is 2.81. The molecular weight excluding hydrogens is 283 g/mol. The molecule has 4 heteroatoms. The smallest absolute Gasteiger partial charge is 0.123 e. The largest absolute Gasteiger partial charge is 0.271 e. The molecule has 3 rings (SSSR count). The molecule has 3 unspecified atom stereocenters. The van der Waals surface area contributed by atoms with E-state index in [2.05, 4.69) is 25.3 Å². The summed E-state index contributed by atoms with van der Waals surface area (Å²) in [6.07, 6.45) is 3.73. The van der Waals surface area contributed by atoms with Crippen molar-refractivity contribution in [2.24, 2.45) is 23.6 Å². The zero-order valence-corrected chi connectivity index (χ0v) is 13.4. The molecule has 0 radical (unpaired) electrons. The van der Waals surface area contributed by atoms with Crippen molar-refractivity contribution in [2.75, 3.05) is 0 Å². The van der Waals surface area contributed by atoms with Gasteiger partial charge in [0.05, 0.1) is 6.04 Å². The van der Waals surface area contributed by atoms with Gasteiger partial charge in [-0.3, -0.25) is 11.3 Å². The van der Waals surface area contributed by atoms with Gasteiger partial charge in [0.2, 0.25) is 0 Å². The van der Waals surface area contributed by atoms with E-state index in [0.717, 1.165) is 21.9 Å². The first-order chi connectivity index (χ1) is 10.1. The van der Waals surface area contributed by atoms with Crippen LogP contribution in [0.2, 0.25) is 0 Å². The van der Waals surface area contributed by atoms with Crippen molar-refractivity contribution in [3.63, 3.8) is 0 Å². The van der Waals surface area contributed by atoms with Crippen molar-refractivity contribution >= 4 is 21.4 Å². The highest BCUT2D eigenvalue weighted by molar-refractivity contribution is 7.19. The maximum Gasteiger partial charge on any atom is 0.123 e. The Labute approximate surface area is 129 Å². The molecule has 2 nitrogen and oxygen atoms in total. The van der Waals surface area contributed by atoms with Crippen LogP contribution in [0.5, 0.6) is 0 Å². The van der Waals surface area contributed by atoms with E-state index in [4.69, 9.17) is 5.84 Å². The van der Waals surface area contributed by atoms with Gasteiger partial charge in [0.1, 0.15) is 5.82 Å². The number of thiophene rings is 1. The summed E-state index contributed by atoms with van der Waals surface area (Å²) < 4.78 is 14.5. The van der Waals surface area contributed by atoms with Gasteiger partial charge in [0.25, 0.3) is 0 Å². The third-order valence-electron chi connectivity index (χ3n) is 4.67. The molecule has 0 saturated heterocycles. The van der Waals surface area contributed by atoms with Crippen molar-refractivity contribution in [2.45, 2.75) is 39.2 Å². The molecular formula is C17H23FN2S. The Balaban J connectivity index is 1.90. The minimum atomic E-state index is -0.177. The normalized spacial score (nSPS) is 27.9. The Hall–Kier alpha value is -0.970. The zero-order chi connectivity index (χ0) is 15.0. The first-order valence-electron chi connectivity index (χ1n) is 7.72. The Morgan fingerprint density at radius 3 is 2.57 bits per heavy atom.